The molecule has 0 unspecified atom stereocenters. The molecule has 1 rings (SSSR count). The minimum absolute atomic E-state index is 0.186. The molecular weight excluding hydrogens is 258 g/mol. The molecule has 0 aliphatic carbocycles. The normalized spacial score (nSPS) is 9.75. The maximum atomic E-state index is 12.0. The standard InChI is InChI=1S/C13H21N5O2/c1-4-15-11-5-6-14-9-10(11)12(19)16-7-8-17-13(20)18(2)3/h5-6,9H,4,7-8H2,1-3H3,(H,14,15)(H,16,19)(H,17,20). The highest BCUT2D eigenvalue weighted by atomic mass is 16.2. The monoisotopic (exact) mass is 279 g/mol. The third-order valence-corrected chi connectivity index (χ3v) is 2.53. The number of aromatic nitrogens is 1. The Labute approximate surface area is 118 Å². The Bertz CT molecular complexity index is 462. The van der Waals surface area contributed by atoms with Crippen molar-refractivity contribution in [2.45, 2.75) is 6.92 Å². The lowest BCUT2D eigenvalue weighted by atomic mass is 10.2. The van der Waals surface area contributed by atoms with Crippen LogP contribution in [0.25, 0.3) is 0 Å². The Morgan fingerprint density at radius 3 is 2.60 bits per heavy atom. The molecule has 7 nitrogen and oxygen atoms in total. The Balaban J connectivity index is 2.45. The molecule has 0 radical (unpaired) electrons. The van der Waals surface area contributed by atoms with Crippen LogP contribution >= 0.6 is 0 Å². The largest absolute Gasteiger partial charge is 0.385 e. The molecule has 0 saturated heterocycles. The number of nitrogens with one attached hydrogen (secondary N) is 3. The second kappa shape index (κ2) is 7.98. The molecule has 20 heavy (non-hydrogen) atoms. The van der Waals surface area contributed by atoms with E-state index in [0.29, 0.717) is 18.7 Å². The molecule has 110 valence electrons. The van der Waals surface area contributed by atoms with Crippen molar-refractivity contribution < 1.29 is 9.59 Å². The first-order chi connectivity index (χ1) is 9.56. The summed E-state index contributed by atoms with van der Waals surface area (Å²) in [4.78, 5) is 28.7. The van der Waals surface area contributed by atoms with Crippen LogP contribution in [0.1, 0.15) is 17.3 Å². The van der Waals surface area contributed by atoms with Crippen molar-refractivity contribution in [3.05, 3.63) is 24.0 Å². The van der Waals surface area contributed by atoms with Gasteiger partial charge in [-0.1, -0.05) is 0 Å². The molecule has 0 saturated carbocycles. The molecule has 0 spiro atoms. The second-order valence-corrected chi connectivity index (χ2v) is 4.33. The van der Waals surface area contributed by atoms with E-state index in [1.54, 1.807) is 26.4 Å². The molecule has 0 aliphatic rings. The Hall–Kier alpha value is -2.31. The first-order valence-electron chi connectivity index (χ1n) is 6.47. The van der Waals surface area contributed by atoms with Gasteiger partial charge in [0.1, 0.15) is 0 Å². The molecule has 7 heteroatoms. The lowest BCUT2D eigenvalue weighted by Gasteiger charge is -2.13. The van der Waals surface area contributed by atoms with Crippen LogP contribution in [0.4, 0.5) is 10.5 Å². The molecule has 3 amide bonds. The maximum Gasteiger partial charge on any atom is 0.316 e. The highest BCUT2D eigenvalue weighted by molar-refractivity contribution is 5.99. The zero-order valence-electron chi connectivity index (χ0n) is 12.1. The number of pyridine rings is 1. The summed E-state index contributed by atoms with van der Waals surface area (Å²) in [7, 11) is 3.32. The van der Waals surface area contributed by atoms with E-state index in [9.17, 15) is 9.59 Å². The zero-order chi connectivity index (χ0) is 15.0. The van der Waals surface area contributed by atoms with Gasteiger partial charge in [0, 0.05) is 46.1 Å². The first-order valence-corrected chi connectivity index (χ1v) is 6.47. The van der Waals surface area contributed by atoms with E-state index in [4.69, 9.17) is 0 Å². The van der Waals surface area contributed by atoms with Crippen molar-refractivity contribution in [2.75, 3.05) is 39.0 Å². The van der Waals surface area contributed by atoms with E-state index in [-0.39, 0.29) is 11.9 Å². The number of urea groups is 1. The van der Waals surface area contributed by atoms with Crippen LogP contribution in [0.15, 0.2) is 18.5 Å². The van der Waals surface area contributed by atoms with Gasteiger partial charge in [-0.25, -0.2) is 4.79 Å². The number of nitrogens with zero attached hydrogens (tertiary/aromatic N) is 2. The average molecular weight is 279 g/mol. The molecular formula is C13H21N5O2. The van der Waals surface area contributed by atoms with Gasteiger partial charge in [0.2, 0.25) is 0 Å². The predicted octanol–water partition coefficient (Wildman–Crippen LogP) is 0.514. The summed E-state index contributed by atoms with van der Waals surface area (Å²) in [6.07, 6.45) is 3.15. The van der Waals surface area contributed by atoms with Crippen molar-refractivity contribution in [3.8, 4) is 0 Å². The number of amides is 3. The highest BCUT2D eigenvalue weighted by Gasteiger charge is 2.10. The summed E-state index contributed by atoms with van der Waals surface area (Å²) in [6, 6.07) is 1.57. The lowest BCUT2D eigenvalue weighted by molar-refractivity contribution is 0.0954. The molecule has 3 N–H and O–H groups in total. The number of hydrogen-bond acceptors (Lipinski definition) is 4. The maximum absolute atomic E-state index is 12.0. The minimum atomic E-state index is -0.215. The summed E-state index contributed by atoms with van der Waals surface area (Å²) in [6.45, 7) is 3.42. The van der Waals surface area contributed by atoms with Gasteiger partial charge < -0.3 is 20.9 Å². The smallest absolute Gasteiger partial charge is 0.316 e. The van der Waals surface area contributed by atoms with Crippen molar-refractivity contribution in [1.29, 1.82) is 0 Å². The molecule has 1 aromatic heterocycles. The number of rotatable bonds is 6. The molecule has 0 bridgehead atoms. The quantitative estimate of drug-likeness (QED) is 0.662. The van der Waals surface area contributed by atoms with Crippen LogP contribution in [0.5, 0.6) is 0 Å². The summed E-state index contributed by atoms with van der Waals surface area (Å²) in [5, 5.41) is 8.51. The van der Waals surface area contributed by atoms with Crippen molar-refractivity contribution in [2.24, 2.45) is 0 Å². The number of carbonyl (C=O) groups is 2. The van der Waals surface area contributed by atoms with Crippen LogP contribution in [0, 0.1) is 0 Å². The minimum Gasteiger partial charge on any atom is -0.385 e. The van der Waals surface area contributed by atoms with E-state index >= 15 is 0 Å². The molecule has 0 aromatic carbocycles. The fraction of sp³-hybridized carbons (Fsp3) is 0.462. The van der Waals surface area contributed by atoms with Gasteiger partial charge in [0.05, 0.1) is 11.3 Å². The molecule has 0 aliphatic heterocycles. The van der Waals surface area contributed by atoms with Crippen molar-refractivity contribution in [3.63, 3.8) is 0 Å². The summed E-state index contributed by atoms with van der Waals surface area (Å²) >= 11 is 0. The summed E-state index contributed by atoms with van der Waals surface area (Å²) < 4.78 is 0. The Kier molecular flexibility index (Phi) is 6.28. The van der Waals surface area contributed by atoms with Gasteiger partial charge in [-0.15, -0.1) is 0 Å². The first kappa shape index (κ1) is 15.7. The van der Waals surface area contributed by atoms with Crippen LogP contribution in [0.2, 0.25) is 0 Å². The summed E-state index contributed by atoms with van der Waals surface area (Å²) in [5.74, 6) is -0.215. The molecule has 0 atom stereocenters. The molecule has 1 heterocycles. The second-order valence-electron chi connectivity index (χ2n) is 4.33. The SMILES string of the molecule is CCNc1ccncc1C(=O)NCCNC(=O)N(C)C. The van der Waals surface area contributed by atoms with Crippen LogP contribution in [-0.2, 0) is 0 Å². The summed E-state index contributed by atoms with van der Waals surface area (Å²) in [5.41, 5.74) is 1.24. The molecule has 0 fully saturated rings. The predicted molar refractivity (Wildman–Crippen MR) is 77.8 cm³/mol. The van der Waals surface area contributed by atoms with E-state index < -0.39 is 0 Å². The number of anilines is 1. The molecule has 1 aromatic rings. The van der Waals surface area contributed by atoms with Gasteiger partial charge in [-0.3, -0.25) is 9.78 Å². The van der Waals surface area contributed by atoms with Gasteiger partial charge in [0.15, 0.2) is 0 Å². The van der Waals surface area contributed by atoms with E-state index in [1.807, 2.05) is 6.92 Å². The lowest BCUT2D eigenvalue weighted by Crippen LogP contribution is -2.39. The highest BCUT2D eigenvalue weighted by Crippen LogP contribution is 2.12. The zero-order valence-corrected chi connectivity index (χ0v) is 12.1. The van der Waals surface area contributed by atoms with Gasteiger partial charge >= 0.3 is 6.03 Å². The third-order valence-electron chi connectivity index (χ3n) is 2.53. The third kappa shape index (κ3) is 4.75. The van der Waals surface area contributed by atoms with Crippen LogP contribution in [-0.4, -0.2) is 55.6 Å². The van der Waals surface area contributed by atoms with Gasteiger partial charge in [0.25, 0.3) is 5.91 Å². The Morgan fingerprint density at radius 2 is 1.95 bits per heavy atom. The van der Waals surface area contributed by atoms with E-state index in [2.05, 4.69) is 20.9 Å². The van der Waals surface area contributed by atoms with Gasteiger partial charge in [-0.2, -0.15) is 0 Å². The fourth-order valence-electron chi connectivity index (χ4n) is 1.52. The topological polar surface area (TPSA) is 86.4 Å². The average Bonchev–Trinajstić information content (AvgIpc) is 2.44. The fourth-order valence-corrected chi connectivity index (χ4v) is 1.52. The number of hydrogen-bond donors (Lipinski definition) is 3. The van der Waals surface area contributed by atoms with Gasteiger partial charge in [-0.05, 0) is 13.0 Å². The van der Waals surface area contributed by atoms with Crippen molar-refractivity contribution in [1.82, 2.24) is 20.5 Å². The Morgan fingerprint density at radius 1 is 1.25 bits per heavy atom. The van der Waals surface area contributed by atoms with E-state index in [0.717, 1.165) is 12.2 Å². The van der Waals surface area contributed by atoms with Crippen LogP contribution < -0.4 is 16.0 Å². The van der Waals surface area contributed by atoms with Crippen molar-refractivity contribution >= 4 is 17.6 Å². The van der Waals surface area contributed by atoms with E-state index in [1.165, 1.54) is 11.1 Å². The van der Waals surface area contributed by atoms with Crippen LogP contribution in [0.3, 0.4) is 0 Å². The number of carbonyl (C=O) groups excluding carboxylic acids is 2.